The van der Waals surface area contributed by atoms with E-state index in [-0.39, 0.29) is 16.5 Å². The SMILES string of the molecule is Cc1cc(F)ccc1C(Br)c1ccc(F)c2ccccc12. The summed E-state index contributed by atoms with van der Waals surface area (Å²) in [6, 6.07) is 15.4. The Morgan fingerprint density at radius 2 is 1.52 bits per heavy atom. The van der Waals surface area contributed by atoms with Crippen molar-refractivity contribution >= 4 is 26.7 Å². The highest BCUT2D eigenvalue weighted by atomic mass is 79.9. The van der Waals surface area contributed by atoms with Crippen molar-refractivity contribution in [3.63, 3.8) is 0 Å². The van der Waals surface area contributed by atoms with Gasteiger partial charge in [-0.05, 0) is 47.2 Å². The van der Waals surface area contributed by atoms with Gasteiger partial charge in [-0.25, -0.2) is 8.78 Å². The highest BCUT2D eigenvalue weighted by Gasteiger charge is 2.17. The van der Waals surface area contributed by atoms with Crippen LogP contribution in [0.4, 0.5) is 8.78 Å². The molecule has 3 aromatic carbocycles. The van der Waals surface area contributed by atoms with E-state index in [2.05, 4.69) is 15.9 Å². The third kappa shape index (κ3) is 2.58. The molecule has 3 heteroatoms. The number of alkyl halides is 1. The van der Waals surface area contributed by atoms with Crippen LogP contribution in [0.15, 0.2) is 54.6 Å². The lowest BCUT2D eigenvalue weighted by atomic mass is 9.95. The fourth-order valence-electron chi connectivity index (χ4n) is 2.60. The van der Waals surface area contributed by atoms with Gasteiger partial charge in [-0.15, -0.1) is 0 Å². The zero-order valence-corrected chi connectivity index (χ0v) is 13.0. The van der Waals surface area contributed by atoms with Crippen LogP contribution in [-0.4, -0.2) is 0 Å². The van der Waals surface area contributed by atoms with E-state index in [1.807, 2.05) is 25.1 Å². The molecule has 0 heterocycles. The first kappa shape index (κ1) is 14.2. The van der Waals surface area contributed by atoms with Crippen molar-refractivity contribution in [2.45, 2.75) is 11.8 Å². The second-order valence-corrected chi connectivity index (χ2v) is 5.96. The molecule has 0 saturated carbocycles. The molecule has 0 nitrogen and oxygen atoms in total. The average Bonchev–Trinajstić information content (AvgIpc) is 2.47. The molecule has 21 heavy (non-hydrogen) atoms. The highest BCUT2D eigenvalue weighted by Crippen LogP contribution is 2.37. The van der Waals surface area contributed by atoms with Gasteiger partial charge >= 0.3 is 0 Å². The zero-order valence-electron chi connectivity index (χ0n) is 11.4. The van der Waals surface area contributed by atoms with E-state index < -0.39 is 0 Å². The molecular formula is C18H13BrF2. The Hall–Kier alpha value is -1.74. The summed E-state index contributed by atoms with van der Waals surface area (Å²) in [5.41, 5.74) is 2.82. The predicted octanol–water partition coefficient (Wildman–Crippen LogP) is 5.91. The minimum absolute atomic E-state index is 0.108. The summed E-state index contributed by atoms with van der Waals surface area (Å²) in [6.45, 7) is 1.87. The largest absolute Gasteiger partial charge is 0.207 e. The van der Waals surface area contributed by atoms with Crippen molar-refractivity contribution in [3.05, 3.63) is 82.9 Å². The number of hydrogen-bond donors (Lipinski definition) is 0. The molecule has 0 amide bonds. The predicted molar refractivity (Wildman–Crippen MR) is 85.8 cm³/mol. The summed E-state index contributed by atoms with van der Waals surface area (Å²) >= 11 is 3.67. The van der Waals surface area contributed by atoms with Crippen molar-refractivity contribution in [1.82, 2.24) is 0 Å². The molecule has 0 N–H and O–H groups in total. The lowest BCUT2D eigenvalue weighted by molar-refractivity contribution is 0.626. The molecule has 106 valence electrons. The van der Waals surface area contributed by atoms with Crippen molar-refractivity contribution in [1.29, 1.82) is 0 Å². The third-order valence-electron chi connectivity index (χ3n) is 3.68. The normalized spacial score (nSPS) is 12.6. The number of aryl methyl sites for hydroxylation is 1. The Morgan fingerprint density at radius 1 is 0.857 bits per heavy atom. The summed E-state index contributed by atoms with van der Waals surface area (Å²) in [5.74, 6) is -0.482. The van der Waals surface area contributed by atoms with Crippen LogP contribution in [0.1, 0.15) is 21.5 Å². The van der Waals surface area contributed by atoms with Crippen LogP contribution < -0.4 is 0 Å². The number of benzene rings is 3. The Labute approximate surface area is 130 Å². The molecule has 0 aliphatic rings. The second kappa shape index (κ2) is 5.57. The highest BCUT2D eigenvalue weighted by molar-refractivity contribution is 9.09. The first-order valence-electron chi connectivity index (χ1n) is 6.65. The quantitative estimate of drug-likeness (QED) is 0.506. The van der Waals surface area contributed by atoms with Crippen LogP contribution in [0.25, 0.3) is 10.8 Å². The van der Waals surface area contributed by atoms with E-state index in [0.717, 1.165) is 22.1 Å². The maximum atomic E-state index is 13.9. The van der Waals surface area contributed by atoms with Crippen LogP contribution in [0.3, 0.4) is 0 Å². The molecule has 0 radical (unpaired) electrons. The molecule has 0 aliphatic carbocycles. The Bertz CT molecular complexity index is 811. The molecule has 0 spiro atoms. The molecule has 0 saturated heterocycles. The van der Waals surface area contributed by atoms with Crippen molar-refractivity contribution in [2.24, 2.45) is 0 Å². The van der Waals surface area contributed by atoms with Gasteiger partial charge in [-0.1, -0.05) is 52.3 Å². The molecule has 1 atom stereocenters. The van der Waals surface area contributed by atoms with E-state index in [0.29, 0.717) is 5.39 Å². The second-order valence-electron chi connectivity index (χ2n) is 5.05. The van der Waals surface area contributed by atoms with Gasteiger partial charge in [0.15, 0.2) is 0 Å². The monoisotopic (exact) mass is 346 g/mol. The van der Waals surface area contributed by atoms with Gasteiger partial charge in [0.25, 0.3) is 0 Å². The fourth-order valence-corrected chi connectivity index (χ4v) is 3.51. The molecule has 0 aliphatic heterocycles. The molecule has 3 aromatic rings. The van der Waals surface area contributed by atoms with Gasteiger partial charge in [-0.3, -0.25) is 0 Å². The standard InChI is InChI=1S/C18H13BrF2/c1-11-10-12(20)6-7-13(11)18(19)16-8-9-17(21)15-5-3-2-4-14(15)16/h2-10,18H,1H3. The molecule has 0 fully saturated rings. The van der Waals surface area contributed by atoms with E-state index in [4.69, 9.17) is 0 Å². The van der Waals surface area contributed by atoms with E-state index in [1.54, 1.807) is 18.2 Å². The van der Waals surface area contributed by atoms with Crippen LogP contribution >= 0.6 is 15.9 Å². The fraction of sp³-hybridized carbons (Fsp3) is 0.111. The van der Waals surface area contributed by atoms with E-state index >= 15 is 0 Å². The molecule has 3 rings (SSSR count). The Morgan fingerprint density at radius 3 is 2.24 bits per heavy atom. The van der Waals surface area contributed by atoms with Crippen LogP contribution in [0.5, 0.6) is 0 Å². The zero-order chi connectivity index (χ0) is 15.0. The maximum absolute atomic E-state index is 13.9. The summed E-state index contributed by atoms with van der Waals surface area (Å²) in [4.78, 5) is -0.108. The minimum atomic E-state index is -0.250. The number of fused-ring (bicyclic) bond motifs is 1. The van der Waals surface area contributed by atoms with Crippen molar-refractivity contribution in [3.8, 4) is 0 Å². The minimum Gasteiger partial charge on any atom is -0.207 e. The Balaban J connectivity index is 2.18. The van der Waals surface area contributed by atoms with Crippen LogP contribution in [0, 0.1) is 18.6 Å². The van der Waals surface area contributed by atoms with Crippen molar-refractivity contribution in [2.75, 3.05) is 0 Å². The van der Waals surface area contributed by atoms with Crippen molar-refractivity contribution < 1.29 is 8.78 Å². The summed E-state index contributed by atoms with van der Waals surface area (Å²) in [6.07, 6.45) is 0. The van der Waals surface area contributed by atoms with Gasteiger partial charge in [0.2, 0.25) is 0 Å². The number of hydrogen-bond acceptors (Lipinski definition) is 0. The van der Waals surface area contributed by atoms with Gasteiger partial charge in [0, 0.05) is 5.39 Å². The summed E-state index contributed by atoms with van der Waals surface area (Å²) < 4.78 is 27.2. The van der Waals surface area contributed by atoms with Gasteiger partial charge in [0.1, 0.15) is 11.6 Å². The van der Waals surface area contributed by atoms with E-state index in [1.165, 1.54) is 18.2 Å². The third-order valence-corrected chi connectivity index (χ3v) is 4.67. The lowest BCUT2D eigenvalue weighted by Gasteiger charge is -2.16. The molecular weight excluding hydrogens is 334 g/mol. The van der Waals surface area contributed by atoms with Gasteiger partial charge in [0.05, 0.1) is 4.83 Å². The number of halogens is 3. The maximum Gasteiger partial charge on any atom is 0.131 e. The average molecular weight is 347 g/mol. The number of rotatable bonds is 2. The van der Waals surface area contributed by atoms with Crippen LogP contribution in [0.2, 0.25) is 0 Å². The topological polar surface area (TPSA) is 0 Å². The smallest absolute Gasteiger partial charge is 0.131 e. The first-order chi connectivity index (χ1) is 10.1. The molecule has 0 aromatic heterocycles. The molecule has 0 bridgehead atoms. The Kier molecular flexibility index (Phi) is 3.77. The van der Waals surface area contributed by atoms with E-state index in [9.17, 15) is 8.78 Å². The van der Waals surface area contributed by atoms with Crippen LogP contribution in [-0.2, 0) is 0 Å². The first-order valence-corrected chi connectivity index (χ1v) is 7.57. The lowest BCUT2D eigenvalue weighted by Crippen LogP contribution is -1.98. The molecule has 1 unspecified atom stereocenters. The summed E-state index contributed by atoms with van der Waals surface area (Å²) in [5, 5.41) is 1.46. The van der Waals surface area contributed by atoms with Gasteiger partial charge in [-0.2, -0.15) is 0 Å². The summed E-state index contributed by atoms with van der Waals surface area (Å²) in [7, 11) is 0. The van der Waals surface area contributed by atoms with Gasteiger partial charge < -0.3 is 0 Å².